The van der Waals surface area contributed by atoms with Crippen LogP contribution in [0.15, 0.2) is 42.5 Å². The summed E-state index contributed by atoms with van der Waals surface area (Å²) in [6.07, 6.45) is -0.933. The first kappa shape index (κ1) is 26.9. The lowest BCUT2D eigenvalue weighted by Crippen LogP contribution is -2.49. The maximum absolute atomic E-state index is 13.2. The molecule has 2 aliphatic rings. The predicted molar refractivity (Wildman–Crippen MR) is 125 cm³/mol. The van der Waals surface area contributed by atoms with Crippen molar-refractivity contribution in [1.82, 2.24) is 5.32 Å². The van der Waals surface area contributed by atoms with Gasteiger partial charge in [0.05, 0.1) is 5.56 Å². The number of amides is 1. The van der Waals surface area contributed by atoms with Gasteiger partial charge in [0.1, 0.15) is 0 Å². The van der Waals surface area contributed by atoms with Crippen molar-refractivity contribution in [2.75, 3.05) is 11.9 Å². The quantitative estimate of drug-likeness (QED) is 0.417. The van der Waals surface area contributed by atoms with Crippen LogP contribution in [-0.2, 0) is 9.59 Å². The number of anilines is 1. The summed E-state index contributed by atoms with van der Waals surface area (Å²) in [7, 11) is 0. The van der Waals surface area contributed by atoms with Crippen molar-refractivity contribution in [2.45, 2.75) is 50.4 Å². The minimum Gasteiger partial charge on any atom is -0.475 e. The molecule has 1 saturated carbocycles. The van der Waals surface area contributed by atoms with Gasteiger partial charge in [-0.3, -0.25) is 14.4 Å². The Morgan fingerprint density at radius 2 is 1.47 bits per heavy atom. The van der Waals surface area contributed by atoms with Crippen LogP contribution in [0.3, 0.4) is 0 Å². The van der Waals surface area contributed by atoms with Crippen LogP contribution in [0.25, 0.3) is 0 Å². The number of rotatable bonds is 5. The lowest BCUT2D eigenvalue weighted by molar-refractivity contribution is -0.192. The van der Waals surface area contributed by atoms with E-state index >= 15 is 0 Å². The molecule has 2 aliphatic carbocycles. The van der Waals surface area contributed by atoms with E-state index in [0.717, 1.165) is 25.7 Å². The largest absolute Gasteiger partial charge is 0.490 e. The Labute approximate surface area is 205 Å². The van der Waals surface area contributed by atoms with Gasteiger partial charge in [-0.1, -0.05) is 49.2 Å². The zero-order chi connectivity index (χ0) is 26.5. The molecule has 0 saturated heterocycles. The molecule has 36 heavy (non-hydrogen) atoms. The number of fused-ring (bicyclic) bond motifs is 2. The van der Waals surface area contributed by atoms with E-state index in [2.05, 4.69) is 10.6 Å². The van der Waals surface area contributed by atoms with Gasteiger partial charge in [0.25, 0.3) is 0 Å². The molecular weight excluding hydrogens is 479 g/mol. The summed E-state index contributed by atoms with van der Waals surface area (Å²) in [5, 5.41) is 13.7. The second-order valence-electron chi connectivity index (χ2n) is 8.48. The number of nitrogens with one attached hydrogen (secondary N) is 2. The summed E-state index contributed by atoms with van der Waals surface area (Å²) in [4.78, 5) is 47.1. The first-order valence-electron chi connectivity index (χ1n) is 11.4. The molecule has 0 bridgehead atoms. The Morgan fingerprint density at radius 1 is 0.917 bits per heavy atom. The number of carbonyl (C=O) groups excluding carboxylic acids is 3. The van der Waals surface area contributed by atoms with E-state index in [-0.39, 0.29) is 29.6 Å². The Bertz CT molecular complexity index is 1170. The van der Waals surface area contributed by atoms with E-state index in [4.69, 9.17) is 15.6 Å². The standard InChI is InChI=1S/C23H25N3O3.C2HF3O2/c24-13-12-20(27)26-18-10-4-3-9-17(18)25-19-11-5-8-16-21(19)23(29)15-7-2-1-6-14(15)22(16)28;3-2(4,5)1(6)7/h1-2,5-8,11,17-18,25H,3-4,9-10,12-13,24H2,(H,26,27);(H,6,7). The molecule has 8 nitrogen and oxygen atoms in total. The highest BCUT2D eigenvalue weighted by molar-refractivity contribution is 6.30. The Hall–Kier alpha value is -3.73. The van der Waals surface area contributed by atoms with Gasteiger partial charge < -0.3 is 21.5 Å². The molecule has 4 rings (SSSR count). The zero-order valence-electron chi connectivity index (χ0n) is 19.2. The number of benzene rings is 2. The minimum atomic E-state index is -5.08. The third kappa shape index (κ3) is 6.09. The molecule has 0 aromatic heterocycles. The van der Waals surface area contributed by atoms with Crippen LogP contribution in [0.2, 0.25) is 0 Å². The van der Waals surface area contributed by atoms with Crippen LogP contribution < -0.4 is 16.4 Å². The van der Waals surface area contributed by atoms with Crippen LogP contribution in [-0.4, -0.2) is 53.4 Å². The zero-order valence-corrected chi connectivity index (χ0v) is 19.2. The van der Waals surface area contributed by atoms with Gasteiger partial charge in [0.2, 0.25) is 5.91 Å². The normalized spacial score (nSPS) is 18.8. The molecule has 192 valence electrons. The lowest BCUT2D eigenvalue weighted by Gasteiger charge is -2.34. The van der Waals surface area contributed by atoms with Gasteiger partial charge in [-0.05, 0) is 18.9 Å². The SMILES string of the molecule is NCCC(=O)NC1CCCCC1Nc1cccc2c1C(=O)c1ccccc1C2=O.O=C(O)C(F)(F)F. The fourth-order valence-corrected chi connectivity index (χ4v) is 4.35. The lowest BCUT2D eigenvalue weighted by atomic mass is 9.82. The molecule has 1 fully saturated rings. The molecule has 2 aromatic carbocycles. The molecule has 0 aliphatic heterocycles. The van der Waals surface area contributed by atoms with Crippen LogP contribution >= 0.6 is 0 Å². The number of halogens is 3. The maximum atomic E-state index is 13.2. The summed E-state index contributed by atoms with van der Waals surface area (Å²) in [6.45, 7) is 0.318. The van der Waals surface area contributed by atoms with Gasteiger partial charge in [-0.25, -0.2) is 4.79 Å². The monoisotopic (exact) mass is 505 g/mol. The molecule has 2 aromatic rings. The predicted octanol–water partition coefficient (Wildman–Crippen LogP) is 3.28. The minimum absolute atomic E-state index is 0.00273. The first-order chi connectivity index (χ1) is 17.0. The average molecular weight is 505 g/mol. The highest BCUT2D eigenvalue weighted by atomic mass is 19.4. The van der Waals surface area contributed by atoms with Crippen LogP contribution in [0, 0.1) is 0 Å². The number of carboxylic acid groups (broad SMARTS) is 1. The molecule has 2 atom stereocenters. The number of carbonyl (C=O) groups is 4. The van der Waals surface area contributed by atoms with Crippen molar-refractivity contribution in [2.24, 2.45) is 5.73 Å². The van der Waals surface area contributed by atoms with E-state index in [9.17, 15) is 27.6 Å². The summed E-state index contributed by atoms with van der Waals surface area (Å²) >= 11 is 0. The number of carboxylic acids is 1. The number of nitrogens with two attached hydrogens (primary N) is 1. The van der Waals surface area contributed by atoms with E-state index in [1.165, 1.54) is 0 Å². The Morgan fingerprint density at radius 3 is 2.06 bits per heavy atom. The summed E-state index contributed by atoms with van der Waals surface area (Å²) in [5.74, 6) is -3.08. The van der Waals surface area contributed by atoms with Crippen molar-refractivity contribution < 1.29 is 37.5 Å². The number of alkyl halides is 3. The van der Waals surface area contributed by atoms with Gasteiger partial charge in [0, 0.05) is 47.4 Å². The fraction of sp³-hybridized carbons (Fsp3) is 0.360. The van der Waals surface area contributed by atoms with E-state index in [0.29, 0.717) is 40.9 Å². The molecule has 0 spiro atoms. The molecule has 11 heteroatoms. The van der Waals surface area contributed by atoms with Crippen molar-refractivity contribution in [3.8, 4) is 0 Å². The number of hydrogen-bond donors (Lipinski definition) is 4. The van der Waals surface area contributed by atoms with Crippen molar-refractivity contribution in [3.63, 3.8) is 0 Å². The smallest absolute Gasteiger partial charge is 0.475 e. The summed E-state index contributed by atoms with van der Waals surface area (Å²) in [5.41, 5.74) is 7.89. The highest BCUT2D eigenvalue weighted by Gasteiger charge is 2.38. The van der Waals surface area contributed by atoms with Gasteiger partial charge in [0.15, 0.2) is 11.6 Å². The summed E-state index contributed by atoms with van der Waals surface area (Å²) in [6, 6.07) is 12.3. The van der Waals surface area contributed by atoms with Crippen molar-refractivity contribution >= 4 is 29.1 Å². The van der Waals surface area contributed by atoms with Crippen molar-refractivity contribution in [1.29, 1.82) is 0 Å². The van der Waals surface area contributed by atoms with E-state index in [1.807, 2.05) is 6.07 Å². The molecular formula is C25H26F3N3O5. The topological polar surface area (TPSA) is 139 Å². The second kappa shape index (κ2) is 11.3. The highest BCUT2D eigenvalue weighted by Crippen LogP contribution is 2.33. The number of hydrogen-bond acceptors (Lipinski definition) is 6. The van der Waals surface area contributed by atoms with Gasteiger partial charge in [-0.15, -0.1) is 0 Å². The van der Waals surface area contributed by atoms with E-state index in [1.54, 1.807) is 36.4 Å². The number of ketones is 2. The molecule has 1 amide bonds. The van der Waals surface area contributed by atoms with E-state index < -0.39 is 12.1 Å². The molecule has 0 heterocycles. The molecule has 2 unspecified atom stereocenters. The molecule has 0 radical (unpaired) electrons. The fourth-order valence-electron chi connectivity index (χ4n) is 4.35. The second-order valence-corrected chi connectivity index (χ2v) is 8.48. The Balaban J connectivity index is 0.000000454. The Kier molecular flexibility index (Phi) is 8.46. The van der Waals surface area contributed by atoms with Crippen LogP contribution in [0.1, 0.15) is 63.9 Å². The van der Waals surface area contributed by atoms with Gasteiger partial charge in [-0.2, -0.15) is 13.2 Å². The van der Waals surface area contributed by atoms with Crippen molar-refractivity contribution in [3.05, 3.63) is 64.7 Å². The molecule has 5 N–H and O–H groups in total. The number of aliphatic carboxylic acids is 1. The first-order valence-corrected chi connectivity index (χ1v) is 11.4. The summed E-state index contributed by atoms with van der Waals surface area (Å²) < 4.78 is 31.7. The third-order valence-corrected chi connectivity index (χ3v) is 6.02. The van der Waals surface area contributed by atoms with Gasteiger partial charge >= 0.3 is 12.1 Å². The average Bonchev–Trinajstić information content (AvgIpc) is 2.83. The maximum Gasteiger partial charge on any atom is 0.490 e. The van der Waals surface area contributed by atoms with Crippen LogP contribution in [0.5, 0.6) is 0 Å². The third-order valence-electron chi connectivity index (χ3n) is 6.02. The van der Waals surface area contributed by atoms with Crippen LogP contribution in [0.4, 0.5) is 18.9 Å².